The lowest BCUT2D eigenvalue weighted by molar-refractivity contribution is -0.116. The lowest BCUT2D eigenvalue weighted by Gasteiger charge is -2.23. The van der Waals surface area contributed by atoms with Gasteiger partial charge in [-0.3, -0.25) is 9.69 Å². The maximum Gasteiger partial charge on any atom is 0.225 e. The Morgan fingerprint density at radius 2 is 2.19 bits per heavy atom. The van der Waals surface area contributed by atoms with Crippen LogP contribution in [0.5, 0.6) is 0 Å². The average molecular weight is 310 g/mol. The first-order valence-corrected chi connectivity index (χ1v) is 7.92. The summed E-state index contributed by atoms with van der Waals surface area (Å²) in [4.78, 5) is 14.5. The smallest absolute Gasteiger partial charge is 0.225 e. The Hall–Kier alpha value is -1.26. The monoisotopic (exact) mass is 309 g/mol. The Kier molecular flexibility index (Phi) is 5.48. The van der Waals surface area contributed by atoms with E-state index in [-0.39, 0.29) is 5.91 Å². The number of nitrogens with one attached hydrogen (secondary N) is 1. The molecule has 1 aromatic rings. The van der Waals surface area contributed by atoms with E-state index in [2.05, 4.69) is 24.1 Å². The van der Waals surface area contributed by atoms with Crippen molar-refractivity contribution in [3.63, 3.8) is 0 Å². The van der Waals surface area contributed by atoms with E-state index in [4.69, 9.17) is 17.3 Å². The van der Waals surface area contributed by atoms with Gasteiger partial charge in [-0.2, -0.15) is 0 Å². The van der Waals surface area contributed by atoms with E-state index in [1.165, 1.54) is 12.8 Å². The minimum Gasteiger partial charge on any atom is -0.399 e. The summed E-state index contributed by atoms with van der Waals surface area (Å²) in [5, 5.41) is 3.33. The SMILES string of the molecule is CC(C)CN(CCC(=O)Nc1ccc(N)cc1Cl)C1CC1. The minimum atomic E-state index is -0.00363. The van der Waals surface area contributed by atoms with Crippen molar-refractivity contribution < 1.29 is 4.79 Å². The first-order chi connectivity index (χ1) is 9.95. The molecule has 1 aliphatic rings. The molecule has 1 aromatic carbocycles. The summed E-state index contributed by atoms with van der Waals surface area (Å²) in [6.45, 7) is 6.29. The van der Waals surface area contributed by atoms with Crippen molar-refractivity contribution in [1.82, 2.24) is 4.90 Å². The summed E-state index contributed by atoms with van der Waals surface area (Å²) in [6, 6.07) is 5.80. The van der Waals surface area contributed by atoms with E-state index < -0.39 is 0 Å². The molecule has 3 N–H and O–H groups in total. The van der Waals surface area contributed by atoms with E-state index in [1.54, 1.807) is 18.2 Å². The summed E-state index contributed by atoms with van der Waals surface area (Å²) in [5.41, 5.74) is 6.85. The molecule has 1 amide bonds. The molecule has 0 unspecified atom stereocenters. The maximum absolute atomic E-state index is 12.1. The normalized spacial score (nSPS) is 14.7. The van der Waals surface area contributed by atoms with Gasteiger partial charge in [-0.1, -0.05) is 25.4 Å². The Bertz CT molecular complexity index is 500. The van der Waals surface area contributed by atoms with Gasteiger partial charge in [0.2, 0.25) is 5.91 Å². The van der Waals surface area contributed by atoms with Crippen LogP contribution in [0.3, 0.4) is 0 Å². The molecule has 2 rings (SSSR count). The van der Waals surface area contributed by atoms with Gasteiger partial charge in [0.05, 0.1) is 10.7 Å². The van der Waals surface area contributed by atoms with Crippen molar-refractivity contribution >= 4 is 28.9 Å². The molecular formula is C16H24ClN3O. The number of benzene rings is 1. The first kappa shape index (κ1) is 16.1. The number of halogens is 1. The number of carbonyl (C=O) groups excluding carboxylic acids is 1. The fourth-order valence-corrected chi connectivity index (χ4v) is 2.66. The van der Waals surface area contributed by atoms with E-state index >= 15 is 0 Å². The highest BCUT2D eigenvalue weighted by Gasteiger charge is 2.29. The van der Waals surface area contributed by atoms with Gasteiger partial charge in [-0.15, -0.1) is 0 Å². The molecule has 0 saturated heterocycles. The van der Waals surface area contributed by atoms with Crippen molar-refractivity contribution in [3.8, 4) is 0 Å². The second-order valence-electron chi connectivity index (χ2n) is 6.16. The van der Waals surface area contributed by atoms with Crippen LogP contribution in [0.25, 0.3) is 0 Å². The van der Waals surface area contributed by atoms with Crippen LogP contribution in [0, 0.1) is 5.92 Å². The Morgan fingerprint density at radius 3 is 2.76 bits per heavy atom. The van der Waals surface area contributed by atoms with Gasteiger partial charge in [-0.25, -0.2) is 0 Å². The Labute approximate surface area is 131 Å². The van der Waals surface area contributed by atoms with Gasteiger partial charge in [-0.05, 0) is 37.0 Å². The molecule has 5 heteroatoms. The molecule has 1 saturated carbocycles. The van der Waals surface area contributed by atoms with E-state index in [1.807, 2.05) is 0 Å². The highest BCUT2D eigenvalue weighted by molar-refractivity contribution is 6.34. The van der Waals surface area contributed by atoms with Crippen molar-refractivity contribution in [3.05, 3.63) is 23.2 Å². The predicted octanol–water partition coefficient (Wildman–Crippen LogP) is 3.37. The van der Waals surface area contributed by atoms with E-state index in [0.717, 1.165) is 13.1 Å². The summed E-state index contributed by atoms with van der Waals surface area (Å²) >= 11 is 6.06. The number of hydrogen-bond donors (Lipinski definition) is 2. The van der Waals surface area contributed by atoms with Gasteiger partial charge in [0.25, 0.3) is 0 Å². The number of carbonyl (C=O) groups is 1. The van der Waals surface area contributed by atoms with Crippen molar-refractivity contribution in [2.45, 2.75) is 39.2 Å². The predicted molar refractivity (Wildman–Crippen MR) is 88.5 cm³/mol. The van der Waals surface area contributed by atoms with Crippen LogP contribution < -0.4 is 11.1 Å². The molecule has 0 aliphatic heterocycles. The zero-order chi connectivity index (χ0) is 15.4. The van der Waals surface area contributed by atoms with Crippen LogP contribution in [-0.4, -0.2) is 29.9 Å². The maximum atomic E-state index is 12.1. The molecule has 0 bridgehead atoms. The minimum absolute atomic E-state index is 0.00363. The number of nitrogen functional groups attached to an aromatic ring is 1. The number of nitrogens with two attached hydrogens (primary N) is 1. The van der Waals surface area contributed by atoms with Crippen LogP contribution in [0.1, 0.15) is 33.1 Å². The number of rotatable bonds is 7. The van der Waals surface area contributed by atoms with Crippen LogP contribution in [0.2, 0.25) is 5.02 Å². The van der Waals surface area contributed by atoms with Crippen molar-refractivity contribution in [2.75, 3.05) is 24.1 Å². The van der Waals surface area contributed by atoms with Gasteiger partial charge >= 0.3 is 0 Å². The van der Waals surface area contributed by atoms with Crippen LogP contribution in [0.4, 0.5) is 11.4 Å². The third kappa shape index (κ3) is 5.21. The van der Waals surface area contributed by atoms with Gasteiger partial charge in [0, 0.05) is 31.2 Å². The summed E-state index contributed by atoms with van der Waals surface area (Å²) in [7, 11) is 0. The van der Waals surface area contributed by atoms with Gasteiger partial charge in [0.1, 0.15) is 0 Å². The summed E-state index contributed by atoms with van der Waals surface area (Å²) in [5.74, 6) is 0.622. The zero-order valence-corrected chi connectivity index (χ0v) is 13.5. The van der Waals surface area contributed by atoms with Gasteiger partial charge < -0.3 is 11.1 Å². The van der Waals surface area contributed by atoms with E-state index in [9.17, 15) is 4.79 Å². The molecule has 0 atom stereocenters. The van der Waals surface area contributed by atoms with Crippen LogP contribution in [-0.2, 0) is 4.79 Å². The second-order valence-corrected chi connectivity index (χ2v) is 6.56. The molecule has 1 fully saturated rings. The molecule has 21 heavy (non-hydrogen) atoms. The molecule has 0 radical (unpaired) electrons. The first-order valence-electron chi connectivity index (χ1n) is 7.54. The molecule has 0 heterocycles. The summed E-state index contributed by atoms with van der Waals surface area (Å²) < 4.78 is 0. The molecule has 0 spiro atoms. The number of anilines is 2. The van der Waals surface area contributed by atoms with Gasteiger partial charge in [0.15, 0.2) is 0 Å². The number of hydrogen-bond acceptors (Lipinski definition) is 3. The Morgan fingerprint density at radius 1 is 1.48 bits per heavy atom. The Balaban J connectivity index is 1.83. The highest BCUT2D eigenvalue weighted by Crippen LogP contribution is 2.28. The topological polar surface area (TPSA) is 58.4 Å². The third-order valence-corrected chi connectivity index (χ3v) is 3.87. The van der Waals surface area contributed by atoms with Crippen LogP contribution in [0.15, 0.2) is 18.2 Å². The standard InChI is InChI=1S/C16H24ClN3O/c1-11(2)10-20(13-4-5-13)8-7-16(21)19-15-6-3-12(18)9-14(15)17/h3,6,9,11,13H,4-5,7-8,10,18H2,1-2H3,(H,19,21). The quantitative estimate of drug-likeness (QED) is 0.759. The largest absolute Gasteiger partial charge is 0.399 e. The fraction of sp³-hybridized carbons (Fsp3) is 0.562. The average Bonchev–Trinajstić information content (AvgIpc) is 3.22. The second kappa shape index (κ2) is 7.14. The zero-order valence-electron chi connectivity index (χ0n) is 12.7. The molecule has 4 nitrogen and oxygen atoms in total. The van der Waals surface area contributed by atoms with Crippen molar-refractivity contribution in [1.29, 1.82) is 0 Å². The summed E-state index contributed by atoms with van der Waals surface area (Å²) in [6.07, 6.45) is 3.01. The molecule has 0 aromatic heterocycles. The molecule has 116 valence electrons. The number of amides is 1. The fourth-order valence-electron chi connectivity index (χ4n) is 2.42. The molecular weight excluding hydrogens is 286 g/mol. The van der Waals surface area contributed by atoms with E-state index in [0.29, 0.717) is 34.8 Å². The highest BCUT2D eigenvalue weighted by atomic mass is 35.5. The van der Waals surface area contributed by atoms with Crippen molar-refractivity contribution in [2.24, 2.45) is 5.92 Å². The number of nitrogens with zero attached hydrogens (tertiary/aromatic N) is 1. The molecule has 1 aliphatic carbocycles. The third-order valence-electron chi connectivity index (χ3n) is 3.56. The van der Waals surface area contributed by atoms with Crippen LogP contribution >= 0.6 is 11.6 Å². The lowest BCUT2D eigenvalue weighted by Crippen LogP contribution is -2.33. The lowest BCUT2D eigenvalue weighted by atomic mass is 10.2.